The Morgan fingerprint density at radius 1 is 1.16 bits per heavy atom. The highest BCUT2D eigenvalue weighted by atomic mass is 79.9. The Hall–Kier alpha value is -1.25. The number of nitrogens with zero attached hydrogens (tertiary/aromatic N) is 1. The third kappa shape index (κ3) is 3.96. The van der Waals surface area contributed by atoms with Crippen molar-refractivity contribution >= 4 is 71.0 Å². The van der Waals surface area contributed by atoms with Crippen LogP contribution >= 0.6 is 47.8 Å². The van der Waals surface area contributed by atoms with Crippen LogP contribution in [-0.2, 0) is 9.59 Å². The van der Waals surface area contributed by atoms with E-state index in [4.69, 9.17) is 0 Å². The Morgan fingerprint density at radius 2 is 1.80 bits per heavy atom. The molecule has 1 atom stereocenters. The second-order valence-electron chi connectivity index (χ2n) is 5.59. The minimum absolute atomic E-state index is 0.0476. The van der Waals surface area contributed by atoms with Gasteiger partial charge in [-0.1, -0.05) is 28.1 Å². The molecule has 0 bridgehead atoms. The van der Waals surface area contributed by atoms with Crippen LogP contribution in [0.5, 0.6) is 0 Å². The normalized spacial score (nSPS) is 17.0. The highest BCUT2D eigenvalue weighted by Gasteiger charge is 2.36. The quantitative estimate of drug-likeness (QED) is 0.595. The maximum absolute atomic E-state index is 13.9. The van der Waals surface area contributed by atoms with Crippen molar-refractivity contribution < 1.29 is 14.0 Å². The van der Waals surface area contributed by atoms with E-state index in [0.29, 0.717) is 14.6 Å². The van der Waals surface area contributed by atoms with Crippen LogP contribution in [0.15, 0.2) is 49.8 Å². The number of benzene rings is 2. The fraction of sp³-hybridized carbons (Fsp3) is 0.176. The molecule has 8 heteroatoms. The number of carbonyl (C=O) groups is 2. The van der Waals surface area contributed by atoms with Crippen molar-refractivity contribution in [2.24, 2.45) is 5.92 Å². The largest absolute Gasteiger partial charge is 0.324 e. The number of hydrogen-bond donors (Lipinski definition) is 1. The average Bonchev–Trinajstić information content (AvgIpc) is 2.93. The van der Waals surface area contributed by atoms with Crippen LogP contribution in [0.4, 0.5) is 15.8 Å². The van der Waals surface area contributed by atoms with E-state index in [1.54, 1.807) is 12.1 Å². The summed E-state index contributed by atoms with van der Waals surface area (Å²) in [5.74, 6) is -1.57. The number of anilines is 2. The Balaban J connectivity index is 1.77. The van der Waals surface area contributed by atoms with Gasteiger partial charge < -0.3 is 10.2 Å². The van der Waals surface area contributed by atoms with Crippen molar-refractivity contribution in [1.82, 2.24) is 0 Å². The van der Waals surface area contributed by atoms with E-state index < -0.39 is 11.7 Å². The molecular formula is C17H12Br3FN2O2. The topological polar surface area (TPSA) is 49.4 Å². The third-order valence-electron chi connectivity index (χ3n) is 3.89. The summed E-state index contributed by atoms with van der Waals surface area (Å²) < 4.78 is 16.2. The van der Waals surface area contributed by atoms with Gasteiger partial charge in [0.05, 0.1) is 17.3 Å². The van der Waals surface area contributed by atoms with Crippen LogP contribution < -0.4 is 10.2 Å². The molecule has 1 N–H and O–H groups in total. The first-order valence-electron chi connectivity index (χ1n) is 7.37. The van der Waals surface area contributed by atoms with Gasteiger partial charge in [-0.2, -0.15) is 0 Å². The summed E-state index contributed by atoms with van der Waals surface area (Å²) in [5, 5.41) is 2.83. The van der Waals surface area contributed by atoms with E-state index in [2.05, 4.69) is 53.1 Å². The minimum atomic E-state index is -0.547. The van der Waals surface area contributed by atoms with E-state index in [-0.39, 0.29) is 30.5 Å². The molecule has 1 aliphatic rings. The van der Waals surface area contributed by atoms with Crippen LogP contribution in [0.3, 0.4) is 0 Å². The van der Waals surface area contributed by atoms with Gasteiger partial charge in [0.2, 0.25) is 11.8 Å². The Morgan fingerprint density at radius 3 is 2.44 bits per heavy atom. The van der Waals surface area contributed by atoms with E-state index >= 15 is 0 Å². The number of para-hydroxylation sites is 1. The summed E-state index contributed by atoms with van der Waals surface area (Å²) in [7, 11) is 0. The zero-order valence-corrected chi connectivity index (χ0v) is 17.5. The average molecular weight is 535 g/mol. The van der Waals surface area contributed by atoms with Crippen molar-refractivity contribution in [3.63, 3.8) is 0 Å². The van der Waals surface area contributed by atoms with E-state index in [1.165, 1.54) is 17.0 Å². The van der Waals surface area contributed by atoms with Gasteiger partial charge in [0, 0.05) is 26.4 Å². The smallest absolute Gasteiger partial charge is 0.229 e. The molecular weight excluding hydrogens is 523 g/mol. The Bertz CT molecular complexity index is 837. The highest BCUT2D eigenvalue weighted by molar-refractivity contribution is 9.11. The molecule has 0 saturated carbocycles. The number of rotatable bonds is 3. The number of carbonyl (C=O) groups excluding carboxylic acids is 2. The lowest BCUT2D eigenvalue weighted by Crippen LogP contribution is -2.28. The van der Waals surface area contributed by atoms with Crippen molar-refractivity contribution in [2.45, 2.75) is 6.42 Å². The van der Waals surface area contributed by atoms with Gasteiger partial charge in [-0.3, -0.25) is 9.59 Å². The summed E-state index contributed by atoms with van der Waals surface area (Å²) in [6, 6.07) is 9.68. The molecule has 1 heterocycles. The van der Waals surface area contributed by atoms with Crippen LogP contribution in [-0.4, -0.2) is 18.4 Å². The predicted molar refractivity (Wildman–Crippen MR) is 105 cm³/mol. The third-order valence-corrected chi connectivity index (χ3v) is 5.60. The van der Waals surface area contributed by atoms with Gasteiger partial charge in [0.15, 0.2) is 0 Å². The lowest BCUT2D eigenvalue weighted by Gasteiger charge is -2.17. The molecule has 25 heavy (non-hydrogen) atoms. The van der Waals surface area contributed by atoms with Crippen molar-refractivity contribution in [1.29, 1.82) is 0 Å². The fourth-order valence-electron chi connectivity index (χ4n) is 2.67. The predicted octanol–water partition coefficient (Wildman–Crippen LogP) is 5.10. The van der Waals surface area contributed by atoms with Gasteiger partial charge in [0.25, 0.3) is 0 Å². The second-order valence-corrected chi connectivity index (χ2v) is 8.21. The maximum Gasteiger partial charge on any atom is 0.229 e. The van der Waals surface area contributed by atoms with Crippen molar-refractivity contribution in [3.8, 4) is 0 Å². The molecule has 1 fully saturated rings. The first kappa shape index (κ1) is 18.5. The summed E-state index contributed by atoms with van der Waals surface area (Å²) in [6.45, 7) is 0.150. The lowest BCUT2D eigenvalue weighted by atomic mass is 10.1. The number of amides is 2. The molecule has 130 valence electrons. The lowest BCUT2D eigenvalue weighted by molar-refractivity contribution is -0.122. The summed E-state index contributed by atoms with van der Waals surface area (Å²) in [6.07, 6.45) is 0.0476. The number of halogens is 4. The van der Waals surface area contributed by atoms with Gasteiger partial charge in [-0.15, -0.1) is 0 Å². The van der Waals surface area contributed by atoms with Crippen LogP contribution in [0.25, 0.3) is 0 Å². The molecule has 3 rings (SSSR count). The zero-order chi connectivity index (χ0) is 18.1. The highest BCUT2D eigenvalue weighted by Crippen LogP contribution is 2.35. The van der Waals surface area contributed by atoms with Gasteiger partial charge >= 0.3 is 0 Å². The molecule has 2 aromatic carbocycles. The van der Waals surface area contributed by atoms with Crippen molar-refractivity contribution in [2.75, 3.05) is 16.8 Å². The van der Waals surface area contributed by atoms with Crippen LogP contribution in [0.2, 0.25) is 0 Å². The molecule has 1 saturated heterocycles. The standard InChI is InChI=1S/C17H12Br3FN2O2/c18-10-6-11(19)16(12(20)7-10)22-17(25)9-5-15(24)23(8-9)14-4-2-1-3-13(14)21/h1-4,6-7,9H,5,8H2,(H,22,25). The molecule has 0 radical (unpaired) electrons. The number of hydrogen-bond acceptors (Lipinski definition) is 2. The SMILES string of the molecule is O=C(Nc1c(Br)cc(Br)cc1Br)C1CC(=O)N(c2ccccc2F)C1. The Kier molecular flexibility index (Phi) is 5.60. The van der Waals surface area contributed by atoms with Gasteiger partial charge in [-0.25, -0.2) is 4.39 Å². The molecule has 2 amide bonds. The number of nitrogens with one attached hydrogen (secondary N) is 1. The summed E-state index contributed by atoms with van der Waals surface area (Å²) in [5.41, 5.74) is 0.791. The molecule has 1 unspecified atom stereocenters. The van der Waals surface area contributed by atoms with Crippen molar-refractivity contribution in [3.05, 3.63) is 55.6 Å². The van der Waals surface area contributed by atoms with Crippen LogP contribution in [0, 0.1) is 11.7 Å². The summed E-state index contributed by atoms with van der Waals surface area (Å²) >= 11 is 10.2. The monoisotopic (exact) mass is 532 g/mol. The van der Waals surface area contributed by atoms with E-state index in [1.807, 2.05) is 12.1 Å². The second kappa shape index (κ2) is 7.55. The molecule has 2 aromatic rings. The first-order valence-corrected chi connectivity index (χ1v) is 9.75. The molecule has 0 aromatic heterocycles. The molecule has 0 aliphatic carbocycles. The van der Waals surface area contributed by atoms with E-state index in [0.717, 1.165) is 4.47 Å². The van der Waals surface area contributed by atoms with E-state index in [9.17, 15) is 14.0 Å². The van der Waals surface area contributed by atoms with Gasteiger partial charge in [0.1, 0.15) is 5.82 Å². The summed E-state index contributed by atoms with van der Waals surface area (Å²) in [4.78, 5) is 26.1. The molecule has 4 nitrogen and oxygen atoms in total. The van der Waals surface area contributed by atoms with Gasteiger partial charge in [-0.05, 0) is 56.1 Å². The minimum Gasteiger partial charge on any atom is -0.324 e. The molecule has 1 aliphatic heterocycles. The van der Waals surface area contributed by atoms with Crippen LogP contribution in [0.1, 0.15) is 6.42 Å². The molecule has 0 spiro atoms. The zero-order valence-electron chi connectivity index (χ0n) is 12.7. The Labute approximate surface area is 169 Å². The fourth-order valence-corrected chi connectivity index (χ4v) is 5.13. The first-order chi connectivity index (χ1) is 11.9. The maximum atomic E-state index is 13.9.